The number of likely N-dealkylation sites (N-methyl/N-ethyl adjacent to an activating group) is 1. The molecule has 1 saturated heterocycles. The summed E-state index contributed by atoms with van der Waals surface area (Å²) in [5.41, 5.74) is 5.65. The molecule has 0 saturated carbocycles. The van der Waals surface area contributed by atoms with Crippen LogP contribution < -0.4 is 11.1 Å². The Kier molecular flexibility index (Phi) is 6.52. The van der Waals surface area contributed by atoms with Crippen molar-refractivity contribution in [3.63, 3.8) is 0 Å². The summed E-state index contributed by atoms with van der Waals surface area (Å²) in [5, 5.41) is 2.54. The van der Waals surface area contributed by atoms with Crippen molar-refractivity contribution in [3.8, 4) is 0 Å². The quantitative estimate of drug-likeness (QED) is 0.629. The van der Waals surface area contributed by atoms with E-state index in [1.807, 2.05) is 0 Å². The van der Waals surface area contributed by atoms with Gasteiger partial charge in [-0.05, 0) is 24.3 Å². The minimum Gasteiger partial charge on any atom is -0.367 e. The van der Waals surface area contributed by atoms with E-state index < -0.39 is 27.9 Å². The first kappa shape index (κ1) is 20.8. The van der Waals surface area contributed by atoms with Gasteiger partial charge in [-0.3, -0.25) is 14.4 Å². The van der Waals surface area contributed by atoms with E-state index >= 15 is 0 Å². The zero-order valence-electron chi connectivity index (χ0n) is 15.0. The predicted molar refractivity (Wildman–Crippen MR) is 96.1 cm³/mol. The van der Waals surface area contributed by atoms with Gasteiger partial charge >= 0.3 is 0 Å². The van der Waals surface area contributed by atoms with Crippen molar-refractivity contribution in [3.05, 3.63) is 24.3 Å². The Bertz CT molecular complexity index is 824. The smallest absolute Gasteiger partial charge is 0.248 e. The number of hydrogen-bond donors (Lipinski definition) is 2. The molecular weight excluding hydrogens is 376 g/mol. The van der Waals surface area contributed by atoms with Crippen LogP contribution in [0.4, 0.5) is 5.69 Å². The number of carbonyl (C=O) groups excluding carboxylic acids is 3. The van der Waals surface area contributed by atoms with Crippen LogP contribution in [-0.4, -0.2) is 74.7 Å². The maximum atomic E-state index is 12.6. The molecule has 0 aromatic heterocycles. The van der Waals surface area contributed by atoms with Crippen molar-refractivity contribution in [2.75, 3.05) is 38.6 Å². The predicted octanol–water partition coefficient (Wildman–Crippen LogP) is -1.02. The van der Waals surface area contributed by atoms with Gasteiger partial charge in [0.15, 0.2) is 6.10 Å². The number of morpholine rings is 1. The number of hydrogen-bond acceptors (Lipinski definition) is 6. The van der Waals surface area contributed by atoms with Crippen molar-refractivity contribution in [1.29, 1.82) is 0 Å². The van der Waals surface area contributed by atoms with E-state index in [0.717, 1.165) is 4.31 Å². The molecule has 0 radical (unpaired) electrons. The lowest BCUT2D eigenvalue weighted by molar-refractivity contribution is -0.145. The lowest BCUT2D eigenvalue weighted by atomic mass is 10.2. The zero-order valence-corrected chi connectivity index (χ0v) is 15.9. The Morgan fingerprint density at radius 3 is 2.48 bits per heavy atom. The molecule has 10 nitrogen and oxygen atoms in total. The molecule has 27 heavy (non-hydrogen) atoms. The highest BCUT2D eigenvalue weighted by atomic mass is 32.2. The van der Waals surface area contributed by atoms with E-state index in [-0.39, 0.29) is 37.0 Å². The molecule has 1 unspecified atom stereocenters. The summed E-state index contributed by atoms with van der Waals surface area (Å²) in [5.74, 6) is -1.40. The van der Waals surface area contributed by atoms with Crippen molar-refractivity contribution < 1.29 is 27.5 Å². The molecule has 0 bridgehead atoms. The number of rotatable bonds is 6. The second-order valence-electron chi connectivity index (χ2n) is 6.07. The lowest BCUT2D eigenvalue weighted by Gasteiger charge is -2.32. The average molecular weight is 398 g/mol. The van der Waals surface area contributed by atoms with Crippen LogP contribution in [0.25, 0.3) is 0 Å². The molecule has 11 heteroatoms. The number of amides is 3. The van der Waals surface area contributed by atoms with E-state index in [4.69, 9.17) is 10.5 Å². The molecule has 1 aromatic rings. The average Bonchev–Trinajstić information content (AvgIpc) is 2.61. The Hall–Kier alpha value is -2.50. The number of nitrogens with zero attached hydrogens (tertiary/aromatic N) is 2. The van der Waals surface area contributed by atoms with Gasteiger partial charge in [0, 0.05) is 26.2 Å². The van der Waals surface area contributed by atoms with Crippen LogP contribution in [0.1, 0.15) is 6.92 Å². The van der Waals surface area contributed by atoms with Crippen molar-refractivity contribution >= 4 is 33.4 Å². The van der Waals surface area contributed by atoms with E-state index in [0.29, 0.717) is 5.69 Å². The molecule has 148 valence electrons. The van der Waals surface area contributed by atoms with Crippen LogP contribution in [0.15, 0.2) is 29.2 Å². The molecule has 2 rings (SSSR count). The number of anilines is 1. The largest absolute Gasteiger partial charge is 0.367 e. The first-order valence-electron chi connectivity index (χ1n) is 8.14. The molecule has 1 aliphatic heterocycles. The Morgan fingerprint density at radius 1 is 1.30 bits per heavy atom. The second-order valence-corrected chi connectivity index (χ2v) is 8.11. The third-order valence-corrected chi connectivity index (χ3v) is 5.79. The van der Waals surface area contributed by atoms with E-state index in [1.54, 1.807) is 0 Å². The van der Waals surface area contributed by atoms with Gasteiger partial charge in [-0.25, -0.2) is 8.42 Å². The summed E-state index contributed by atoms with van der Waals surface area (Å²) >= 11 is 0. The standard InChI is InChI=1S/C16H22N4O6S/c1-11(21)18-12-3-5-13(6-4-12)27(24,25)19(2)10-15(22)20-7-8-26-14(9-20)16(17)23/h3-6,14H,7-10H2,1-2H3,(H2,17,23)(H,18,21). The van der Waals surface area contributed by atoms with Gasteiger partial charge in [-0.2, -0.15) is 4.31 Å². The third-order valence-electron chi connectivity index (χ3n) is 3.98. The second kappa shape index (κ2) is 8.46. The monoisotopic (exact) mass is 398 g/mol. The number of nitrogens with one attached hydrogen (secondary N) is 1. The number of nitrogens with two attached hydrogens (primary N) is 1. The molecule has 0 aliphatic carbocycles. The summed E-state index contributed by atoms with van der Waals surface area (Å²) in [6, 6.07) is 5.62. The molecule has 0 spiro atoms. The van der Waals surface area contributed by atoms with Gasteiger partial charge in [-0.15, -0.1) is 0 Å². The van der Waals surface area contributed by atoms with E-state index in [1.165, 1.54) is 43.1 Å². The summed E-state index contributed by atoms with van der Waals surface area (Å²) in [7, 11) is -2.60. The fourth-order valence-corrected chi connectivity index (χ4v) is 3.64. The highest BCUT2D eigenvalue weighted by Gasteiger charge is 2.30. The van der Waals surface area contributed by atoms with Gasteiger partial charge in [0.1, 0.15) is 0 Å². The number of ether oxygens (including phenoxy) is 1. The van der Waals surface area contributed by atoms with Crippen LogP contribution in [0, 0.1) is 0 Å². The summed E-state index contributed by atoms with van der Waals surface area (Å²) in [6.07, 6.45) is -0.897. The zero-order chi connectivity index (χ0) is 20.2. The van der Waals surface area contributed by atoms with E-state index in [2.05, 4.69) is 5.32 Å². The molecule has 1 fully saturated rings. The molecule has 1 heterocycles. The minimum atomic E-state index is -3.90. The van der Waals surface area contributed by atoms with Gasteiger partial charge in [-0.1, -0.05) is 0 Å². The normalized spacial score (nSPS) is 17.6. The van der Waals surface area contributed by atoms with Crippen LogP contribution >= 0.6 is 0 Å². The van der Waals surface area contributed by atoms with Crippen LogP contribution in [0.2, 0.25) is 0 Å². The van der Waals surface area contributed by atoms with Crippen LogP contribution in [0.3, 0.4) is 0 Å². The SMILES string of the molecule is CC(=O)Nc1ccc(S(=O)(=O)N(C)CC(=O)N2CCOC(C(N)=O)C2)cc1. The van der Waals surface area contributed by atoms with E-state index in [9.17, 15) is 22.8 Å². The maximum absolute atomic E-state index is 12.6. The fourth-order valence-electron chi connectivity index (χ4n) is 2.52. The Labute approximate surface area is 157 Å². The van der Waals surface area contributed by atoms with Gasteiger partial charge in [0.2, 0.25) is 27.7 Å². The topological polar surface area (TPSA) is 139 Å². The number of primary amides is 1. The Balaban J connectivity index is 2.04. The number of benzene rings is 1. The van der Waals surface area contributed by atoms with Gasteiger partial charge < -0.3 is 20.7 Å². The molecule has 3 amide bonds. The Morgan fingerprint density at radius 2 is 1.93 bits per heavy atom. The van der Waals surface area contributed by atoms with Crippen molar-refractivity contribution in [1.82, 2.24) is 9.21 Å². The summed E-state index contributed by atoms with van der Waals surface area (Å²) in [4.78, 5) is 36.0. The molecule has 3 N–H and O–H groups in total. The summed E-state index contributed by atoms with van der Waals surface area (Å²) in [6.45, 7) is 1.36. The lowest BCUT2D eigenvalue weighted by Crippen LogP contribution is -2.52. The first-order valence-corrected chi connectivity index (χ1v) is 9.58. The van der Waals surface area contributed by atoms with Gasteiger partial charge in [0.25, 0.3) is 0 Å². The molecule has 1 aromatic carbocycles. The molecule has 1 atom stereocenters. The molecular formula is C16H22N4O6S. The highest BCUT2D eigenvalue weighted by Crippen LogP contribution is 2.18. The fraction of sp³-hybridized carbons (Fsp3) is 0.438. The highest BCUT2D eigenvalue weighted by molar-refractivity contribution is 7.89. The van der Waals surface area contributed by atoms with Crippen LogP contribution in [0.5, 0.6) is 0 Å². The minimum absolute atomic E-state index is 0.00648. The van der Waals surface area contributed by atoms with Crippen molar-refractivity contribution in [2.45, 2.75) is 17.9 Å². The van der Waals surface area contributed by atoms with Gasteiger partial charge in [0.05, 0.1) is 24.6 Å². The first-order chi connectivity index (χ1) is 12.6. The number of carbonyl (C=O) groups is 3. The molecule has 1 aliphatic rings. The third kappa shape index (κ3) is 5.25. The van der Waals surface area contributed by atoms with Crippen molar-refractivity contribution in [2.24, 2.45) is 5.73 Å². The number of sulfonamides is 1. The van der Waals surface area contributed by atoms with Crippen LogP contribution in [-0.2, 0) is 29.1 Å². The summed E-state index contributed by atoms with van der Waals surface area (Å²) < 4.78 is 31.3. The maximum Gasteiger partial charge on any atom is 0.248 e.